The average molecular weight is 809 g/mol. The normalized spacial score (nSPS) is 28.2. The maximum absolute atomic E-state index is 13.5. The van der Waals surface area contributed by atoms with Gasteiger partial charge in [-0.05, 0) is 0 Å². The van der Waals surface area contributed by atoms with Crippen molar-refractivity contribution in [3.63, 3.8) is 0 Å². The number of Topliss-reactive ketones (excluding diaryl/α,β-unsaturated/α-hetero) is 2. The number of rotatable bonds is 13. The highest BCUT2D eigenvalue weighted by atomic mass is 16.8. The van der Waals surface area contributed by atoms with Crippen LogP contribution in [0.15, 0.2) is 35.8 Å². The van der Waals surface area contributed by atoms with E-state index in [1.54, 1.807) is 0 Å². The van der Waals surface area contributed by atoms with Crippen LogP contribution in [0, 0.1) is 0 Å². The second-order valence-corrected chi connectivity index (χ2v) is 12.7. The van der Waals surface area contributed by atoms with Gasteiger partial charge in [0.05, 0.1) is 0 Å². The molecule has 21 nitrogen and oxygen atoms in total. The highest BCUT2D eigenvalue weighted by Gasteiger charge is 2.58. The summed E-state index contributed by atoms with van der Waals surface area (Å²) in [6.45, 7) is 5.57. The van der Waals surface area contributed by atoms with Crippen LogP contribution in [0.2, 0.25) is 0 Å². The summed E-state index contributed by atoms with van der Waals surface area (Å²) in [5.41, 5.74) is -0.301. The predicted molar refractivity (Wildman–Crippen MR) is 179 cm³/mol. The Morgan fingerprint density at radius 2 is 0.912 bits per heavy atom. The van der Waals surface area contributed by atoms with E-state index < -0.39 is 139 Å². The highest BCUT2D eigenvalue weighted by molar-refractivity contribution is 6.25. The zero-order chi connectivity index (χ0) is 42.3. The van der Waals surface area contributed by atoms with Gasteiger partial charge in [-0.15, -0.1) is 0 Å². The van der Waals surface area contributed by atoms with Crippen molar-refractivity contribution in [3.8, 4) is 0 Å². The number of hydrogen-bond acceptors (Lipinski definition) is 21. The van der Waals surface area contributed by atoms with Crippen molar-refractivity contribution >= 4 is 53.4 Å². The van der Waals surface area contributed by atoms with Crippen LogP contribution in [0.1, 0.15) is 69.2 Å². The van der Waals surface area contributed by atoms with Gasteiger partial charge in [0, 0.05) is 59.6 Å². The molecule has 310 valence electrons. The Morgan fingerprint density at radius 3 is 1.39 bits per heavy atom. The molecule has 2 saturated heterocycles. The van der Waals surface area contributed by atoms with Gasteiger partial charge in [-0.1, -0.05) is 24.3 Å². The summed E-state index contributed by atoms with van der Waals surface area (Å²) in [5.74, 6) is -10.7. The minimum absolute atomic E-state index is 0.141. The van der Waals surface area contributed by atoms with Gasteiger partial charge in [-0.3, -0.25) is 43.2 Å². The molecule has 10 atom stereocenters. The first-order valence-corrected chi connectivity index (χ1v) is 17.2. The summed E-state index contributed by atoms with van der Waals surface area (Å²) in [6.07, 6.45) is -17.8. The van der Waals surface area contributed by atoms with Crippen molar-refractivity contribution in [2.45, 2.75) is 110 Å². The van der Waals surface area contributed by atoms with Crippen LogP contribution in [0.5, 0.6) is 0 Å². The summed E-state index contributed by atoms with van der Waals surface area (Å²) in [5, 5.41) is 10.8. The van der Waals surface area contributed by atoms with E-state index in [4.69, 9.17) is 52.1 Å². The van der Waals surface area contributed by atoms with Crippen molar-refractivity contribution in [1.29, 1.82) is 0 Å². The van der Waals surface area contributed by atoms with Crippen LogP contribution in [-0.2, 0) is 85.7 Å². The standard InChI is InChI=1S/C36H40O21/c1-14(37)47-12-23-28(49-16(3)39)31(50-17(4)40)33(52-19(6)42)35(54-23)56-29-24(13-48-15(2)38)55-36(34(53-20(7)43)32(29)51-18(5)41)57-30-26(45)22-11-9-8-10-21(22)25(44)27(30)46/h8-11,23-24,28-29,31-36,46H,12-13H2,1-7H3. The number of ketones is 2. The summed E-state index contributed by atoms with van der Waals surface area (Å²) < 4.78 is 61.7. The molecular formula is C36H40O21. The van der Waals surface area contributed by atoms with Gasteiger partial charge in [-0.25, -0.2) is 0 Å². The van der Waals surface area contributed by atoms with Crippen LogP contribution in [0.25, 0.3) is 0 Å². The zero-order valence-corrected chi connectivity index (χ0v) is 31.6. The van der Waals surface area contributed by atoms with E-state index in [-0.39, 0.29) is 11.1 Å². The molecule has 0 bridgehead atoms. The number of allylic oxidation sites excluding steroid dienone is 2. The first-order valence-electron chi connectivity index (χ1n) is 17.2. The lowest BCUT2D eigenvalue weighted by molar-refractivity contribution is -0.358. The quantitative estimate of drug-likeness (QED) is 0.209. The second kappa shape index (κ2) is 18.8. The molecule has 3 aliphatic rings. The number of ether oxygens (including phenoxy) is 11. The van der Waals surface area contributed by atoms with Crippen molar-refractivity contribution in [2.24, 2.45) is 0 Å². The Kier molecular flexibility index (Phi) is 14.4. The average Bonchev–Trinajstić information content (AvgIpc) is 3.11. The Balaban J connectivity index is 1.85. The number of carbonyl (C=O) groups excluding carboxylic acids is 9. The molecule has 21 heteroatoms. The van der Waals surface area contributed by atoms with E-state index >= 15 is 0 Å². The Bertz CT molecular complexity index is 1820. The van der Waals surface area contributed by atoms with Crippen LogP contribution in [0.3, 0.4) is 0 Å². The van der Waals surface area contributed by atoms with Crippen LogP contribution in [-0.4, -0.2) is 133 Å². The van der Waals surface area contributed by atoms with Crippen molar-refractivity contribution in [3.05, 3.63) is 46.9 Å². The second-order valence-electron chi connectivity index (χ2n) is 12.7. The maximum atomic E-state index is 13.5. The van der Waals surface area contributed by atoms with Crippen molar-refractivity contribution in [2.75, 3.05) is 13.2 Å². The first kappa shape index (κ1) is 43.8. The number of aliphatic hydroxyl groups excluding tert-OH is 1. The van der Waals surface area contributed by atoms with Crippen LogP contribution < -0.4 is 0 Å². The van der Waals surface area contributed by atoms with E-state index in [2.05, 4.69) is 0 Å². The highest BCUT2D eigenvalue weighted by Crippen LogP contribution is 2.37. The number of aliphatic hydroxyl groups is 1. The fourth-order valence-electron chi connectivity index (χ4n) is 6.13. The molecule has 0 radical (unpaired) electrons. The molecule has 0 saturated carbocycles. The third kappa shape index (κ3) is 10.9. The minimum Gasteiger partial charge on any atom is -0.501 e. The minimum atomic E-state index is -2.02. The fraction of sp³-hybridized carbons (Fsp3) is 0.528. The van der Waals surface area contributed by atoms with Gasteiger partial charge in [0.25, 0.3) is 0 Å². The lowest BCUT2D eigenvalue weighted by Crippen LogP contribution is -2.67. The molecule has 0 spiro atoms. The van der Waals surface area contributed by atoms with E-state index in [0.717, 1.165) is 48.5 Å². The summed E-state index contributed by atoms with van der Waals surface area (Å²) in [4.78, 5) is 113. The number of hydrogen-bond donors (Lipinski definition) is 1. The smallest absolute Gasteiger partial charge is 0.303 e. The number of esters is 7. The Hall–Kier alpha value is -5.93. The van der Waals surface area contributed by atoms with Gasteiger partial charge in [0.2, 0.25) is 35.5 Å². The largest absolute Gasteiger partial charge is 0.501 e. The van der Waals surface area contributed by atoms with E-state index in [0.29, 0.717) is 0 Å². The predicted octanol–water partition coefficient (Wildman–Crippen LogP) is 0.472. The third-order valence-electron chi connectivity index (χ3n) is 8.17. The molecule has 57 heavy (non-hydrogen) atoms. The SMILES string of the molecule is CC(=O)OCC1OC(OC2C(COC(C)=O)OC(OC3=C(O)C(=O)c4ccccc4C3=O)C(OC(C)=O)C2OC(C)=O)C(OC(C)=O)C(OC(C)=O)C1OC(C)=O. The molecule has 1 N–H and O–H groups in total. The molecule has 4 rings (SSSR count). The summed E-state index contributed by atoms with van der Waals surface area (Å²) in [7, 11) is 0. The number of carbonyl (C=O) groups is 9. The molecule has 1 aliphatic carbocycles. The lowest BCUT2D eigenvalue weighted by Gasteiger charge is -2.48. The zero-order valence-electron chi connectivity index (χ0n) is 31.6. The van der Waals surface area contributed by atoms with Gasteiger partial charge in [0.1, 0.15) is 31.5 Å². The molecule has 2 aliphatic heterocycles. The topological polar surface area (TPSA) is 275 Å². The monoisotopic (exact) mass is 808 g/mol. The molecule has 0 aromatic heterocycles. The number of fused-ring (bicyclic) bond motifs is 1. The Labute approximate surface area is 323 Å². The third-order valence-corrected chi connectivity index (χ3v) is 8.17. The van der Waals surface area contributed by atoms with Gasteiger partial charge in [-0.2, -0.15) is 0 Å². The van der Waals surface area contributed by atoms with E-state index in [1.807, 2.05) is 0 Å². The van der Waals surface area contributed by atoms with E-state index in [1.165, 1.54) is 24.3 Å². The molecule has 0 amide bonds. The molecule has 2 heterocycles. The van der Waals surface area contributed by atoms with Crippen LogP contribution >= 0.6 is 0 Å². The van der Waals surface area contributed by atoms with Crippen molar-refractivity contribution in [1.82, 2.24) is 0 Å². The number of benzene rings is 1. The van der Waals surface area contributed by atoms with E-state index in [9.17, 15) is 48.3 Å². The fourth-order valence-corrected chi connectivity index (χ4v) is 6.13. The first-order chi connectivity index (χ1) is 26.8. The molecule has 2 fully saturated rings. The summed E-state index contributed by atoms with van der Waals surface area (Å²) >= 11 is 0. The van der Waals surface area contributed by atoms with Crippen LogP contribution in [0.4, 0.5) is 0 Å². The molecule has 1 aromatic rings. The molecular weight excluding hydrogens is 768 g/mol. The maximum Gasteiger partial charge on any atom is 0.303 e. The molecule has 10 unspecified atom stereocenters. The van der Waals surface area contributed by atoms with Gasteiger partial charge in [0.15, 0.2) is 30.7 Å². The van der Waals surface area contributed by atoms with Gasteiger partial charge >= 0.3 is 41.8 Å². The lowest BCUT2D eigenvalue weighted by atomic mass is 9.92. The van der Waals surface area contributed by atoms with Crippen molar-refractivity contribution < 1.29 is 100 Å². The summed E-state index contributed by atoms with van der Waals surface area (Å²) in [6, 6.07) is 5.49. The Morgan fingerprint density at radius 1 is 0.526 bits per heavy atom. The van der Waals surface area contributed by atoms with Gasteiger partial charge < -0.3 is 57.2 Å². The molecule has 1 aromatic carbocycles.